The second-order valence-corrected chi connectivity index (χ2v) is 15.9. The number of rotatable bonds is 4. The van der Waals surface area contributed by atoms with Gasteiger partial charge in [-0.25, -0.2) is 0 Å². The van der Waals surface area contributed by atoms with Crippen molar-refractivity contribution in [3.63, 3.8) is 0 Å². The van der Waals surface area contributed by atoms with Crippen molar-refractivity contribution in [2.24, 2.45) is 0 Å². The fourth-order valence-corrected chi connectivity index (χ4v) is 13.9. The minimum atomic E-state index is -3.06. The van der Waals surface area contributed by atoms with Crippen LogP contribution >= 0.6 is 0 Å². The van der Waals surface area contributed by atoms with Crippen LogP contribution in [0.25, 0.3) is 0 Å². The first kappa shape index (κ1) is 12.8. The first-order chi connectivity index (χ1) is 8.18. The van der Waals surface area contributed by atoms with E-state index in [0.29, 0.717) is 8.16 Å². The van der Waals surface area contributed by atoms with Crippen molar-refractivity contribution in [3.05, 3.63) is 60.7 Å². The molecular formula is C13H12HgO2S. The maximum absolute atomic E-state index is 12.1. The Morgan fingerprint density at radius 3 is 1.94 bits per heavy atom. The Hall–Kier alpha value is -0.675. The fourth-order valence-electron chi connectivity index (χ4n) is 1.64. The topological polar surface area (TPSA) is 34.1 Å². The number of hydrogen-bond acceptors (Lipinski definition) is 2. The number of benzene rings is 2. The van der Waals surface area contributed by atoms with E-state index in [9.17, 15) is 8.42 Å². The molecule has 0 atom stereocenters. The third kappa shape index (κ3) is 3.64. The van der Waals surface area contributed by atoms with Gasteiger partial charge in [0.2, 0.25) is 0 Å². The van der Waals surface area contributed by atoms with Gasteiger partial charge >= 0.3 is 115 Å². The summed E-state index contributed by atoms with van der Waals surface area (Å²) in [5.74, 6) is 0. The zero-order chi connectivity index (χ0) is 12.1. The molecule has 2 aromatic carbocycles. The molecule has 2 rings (SSSR count). The summed E-state index contributed by atoms with van der Waals surface area (Å²) in [4.78, 5) is 0.455. The van der Waals surface area contributed by atoms with E-state index in [1.54, 1.807) is 24.3 Å². The summed E-state index contributed by atoms with van der Waals surface area (Å²) < 4.78 is 25.8. The number of sulfone groups is 1. The van der Waals surface area contributed by atoms with Crippen molar-refractivity contribution in [3.8, 4) is 0 Å². The van der Waals surface area contributed by atoms with Crippen LogP contribution in [0.2, 0.25) is 0 Å². The molecule has 0 aliphatic carbocycles. The molecule has 2 aromatic rings. The molecule has 0 spiro atoms. The van der Waals surface area contributed by atoms with Crippen molar-refractivity contribution < 1.29 is 33.0 Å². The molecule has 0 saturated carbocycles. The normalized spacial score (nSPS) is 10.8. The van der Waals surface area contributed by atoms with Crippen LogP contribution in [0.1, 0.15) is 0 Å². The third-order valence-electron chi connectivity index (χ3n) is 2.60. The van der Waals surface area contributed by atoms with E-state index in [4.69, 9.17) is 0 Å². The third-order valence-corrected chi connectivity index (χ3v) is 17.1. The van der Waals surface area contributed by atoms with Gasteiger partial charge in [-0.05, 0) is 0 Å². The van der Waals surface area contributed by atoms with Crippen molar-refractivity contribution in [1.82, 2.24) is 0 Å². The van der Waals surface area contributed by atoms with Crippen molar-refractivity contribution in [2.45, 2.75) is 4.90 Å². The molecule has 4 heteroatoms. The monoisotopic (exact) mass is 434 g/mol. The molecule has 0 bridgehead atoms. The van der Waals surface area contributed by atoms with E-state index in [1.165, 1.54) is 3.07 Å². The summed E-state index contributed by atoms with van der Waals surface area (Å²) in [5.41, 5.74) is 0. The van der Waals surface area contributed by atoms with E-state index < -0.39 is 34.4 Å². The van der Waals surface area contributed by atoms with Gasteiger partial charge in [0.25, 0.3) is 0 Å². The number of hydrogen-bond donors (Lipinski definition) is 0. The Bertz CT molecular complexity index is 565. The second kappa shape index (κ2) is 5.78. The van der Waals surface area contributed by atoms with Crippen LogP contribution in [-0.2, 0) is 34.4 Å². The molecule has 0 unspecified atom stereocenters. The van der Waals surface area contributed by atoms with Gasteiger partial charge in [-0.3, -0.25) is 0 Å². The van der Waals surface area contributed by atoms with E-state index in [-0.39, 0.29) is 0 Å². The van der Waals surface area contributed by atoms with Crippen LogP contribution in [0.3, 0.4) is 0 Å². The first-order valence-electron chi connectivity index (χ1n) is 5.50. The van der Waals surface area contributed by atoms with Gasteiger partial charge in [0.1, 0.15) is 0 Å². The van der Waals surface area contributed by atoms with Gasteiger partial charge in [0.05, 0.1) is 0 Å². The maximum atomic E-state index is 12.1. The van der Waals surface area contributed by atoms with Crippen molar-refractivity contribution >= 4 is 12.9 Å². The zero-order valence-electron chi connectivity index (χ0n) is 9.41. The van der Waals surface area contributed by atoms with Crippen LogP contribution in [0.15, 0.2) is 65.6 Å². The summed E-state index contributed by atoms with van der Waals surface area (Å²) in [6.45, 7) is 0. The van der Waals surface area contributed by atoms with Gasteiger partial charge in [0.15, 0.2) is 0 Å². The summed E-state index contributed by atoms with van der Waals surface area (Å²) in [6.07, 6.45) is 0. The van der Waals surface area contributed by atoms with Gasteiger partial charge in [0, 0.05) is 0 Å². The van der Waals surface area contributed by atoms with Crippen molar-refractivity contribution in [2.75, 3.05) is 3.26 Å². The predicted octanol–water partition coefficient (Wildman–Crippen LogP) is 1.83. The Labute approximate surface area is 114 Å². The molecule has 0 amide bonds. The molecule has 0 fully saturated rings. The molecule has 84 valence electrons. The molecule has 17 heavy (non-hydrogen) atoms. The van der Waals surface area contributed by atoms with Crippen LogP contribution < -0.4 is 3.07 Å². The van der Waals surface area contributed by atoms with Crippen LogP contribution in [0, 0.1) is 0 Å². The predicted molar refractivity (Wildman–Crippen MR) is 64.6 cm³/mol. The SMILES string of the molecule is O=S(=O)([CH2][Hg][c]1ccccc1)c1ccccc1. The van der Waals surface area contributed by atoms with Crippen molar-refractivity contribution in [1.29, 1.82) is 0 Å². The molecule has 0 aromatic heterocycles. The standard InChI is InChI=1S/C7H7O2S.C6H5.Hg/c1-10(8,9)7-5-3-2-4-6-7;1-2-4-6-5-3-1;/h2-6H,1H2;1-5H;. The molecule has 0 radical (unpaired) electrons. The molecular weight excluding hydrogens is 421 g/mol. The average molecular weight is 433 g/mol. The van der Waals surface area contributed by atoms with Gasteiger partial charge in [-0.15, -0.1) is 0 Å². The van der Waals surface area contributed by atoms with E-state index in [1.807, 2.05) is 36.4 Å². The first-order valence-corrected chi connectivity index (χ1v) is 13.8. The summed E-state index contributed by atoms with van der Waals surface area (Å²) in [6, 6.07) is 18.7. The molecule has 0 saturated heterocycles. The summed E-state index contributed by atoms with van der Waals surface area (Å²) in [5, 5.41) is 0. The minimum absolute atomic E-state index is 0.376. The quantitative estimate of drug-likeness (QED) is 0.691. The Morgan fingerprint density at radius 1 is 0.824 bits per heavy atom. The van der Waals surface area contributed by atoms with E-state index in [2.05, 4.69) is 0 Å². The molecule has 0 heterocycles. The van der Waals surface area contributed by atoms with Gasteiger partial charge < -0.3 is 0 Å². The summed E-state index contributed by atoms with van der Waals surface area (Å²) in [7, 11) is -3.06. The molecule has 2 nitrogen and oxygen atoms in total. The van der Waals surface area contributed by atoms with Crippen LogP contribution in [0.5, 0.6) is 0 Å². The van der Waals surface area contributed by atoms with Crippen LogP contribution in [-0.4, -0.2) is 11.7 Å². The molecule has 0 N–H and O–H groups in total. The zero-order valence-corrected chi connectivity index (χ0v) is 15.7. The Kier molecular flexibility index (Phi) is 4.34. The van der Waals surface area contributed by atoms with Crippen LogP contribution in [0.4, 0.5) is 0 Å². The fraction of sp³-hybridized carbons (Fsp3) is 0.0769. The Morgan fingerprint density at radius 2 is 1.35 bits per heavy atom. The van der Waals surface area contributed by atoms with Gasteiger partial charge in [-0.2, -0.15) is 0 Å². The van der Waals surface area contributed by atoms with E-state index >= 15 is 0 Å². The average Bonchev–Trinajstić information content (AvgIpc) is 2.39. The van der Waals surface area contributed by atoms with E-state index in [0.717, 1.165) is 0 Å². The Balaban J connectivity index is 2.09. The second-order valence-electron chi connectivity index (χ2n) is 3.87. The summed E-state index contributed by atoms with van der Waals surface area (Å²) >= 11 is -1.53. The van der Waals surface area contributed by atoms with Gasteiger partial charge in [-0.1, -0.05) is 0 Å². The molecule has 0 aliphatic heterocycles. The molecule has 0 aliphatic rings.